The minimum Gasteiger partial charge on any atom is -0.465 e. The van der Waals surface area contributed by atoms with Crippen molar-refractivity contribution in [1.29, 1.82) is 0 Å². The minimum atomic E-state index is -2.15. The summed E-state index contributed by atoms with van der Waals surface area (Å²) in [6.07, 6.45) is 0. The molecular weight excluding hydrogens is 244 g/mol. The zero-order valence-electron chi connectivity index (χ0n) is 9.54. The van der Waals surface area contributed by atoms with Crippen molar-refractivity contribution < 1.29 is 18.3 Å². The van der Waals surface area contributed by atoms with Gasteiger partial charge in [-0.25, -0.2) is 9.00 Å². The molecule has 1 aromatic carbocycles. The van der Waals surface area contributed by atoms with E-state index in [4.69, 9.17) is 10.3 Å². The maximum Gasteiger partial charge on any atom is 0.337 e. The summed E-state index contributed by atoms with van der Waals surface area (Å²) >= 11 is -2.15. The molecule has 6 nitrogen and oxygen atoms in total. The highest BCUT2D eigenvalue weighted by atomic mass is 32.2. The molecule has 0 heterocycles. The number of ether oxygens (including phenoxy) is 1. The van der Waals surface area contributed by atoms with Crippen LogP contribution in [0.2, 0.25) is 0 Å². The van der Waals surface area contributed by atoms with E-state index >= 15 is 0 Å². The van der Waals surface area contributed by atoms with Gasteiger partial charge in [0.1, 0.15) is 0 Å². The summed E-state index contributed by atoms with van der Waals surface area (Å²) in [4.78, 5) is 11.4. The Morgan fingerprint density at radius 2 is 2.18 bits per heavy atom. The second kappa shape index (κ2) is 5.76. The summed E-state index contributed by atoms with van der Waals surface area (Å²) in [6.45, 7) is 0.226. The Morgan fingerprint density at radius 1 is 1.53 bits per heavy atom. The molecule has 0 aliphatic heterocycles. The number of nitrogens with two attached hydrogens (primary N) is 1. The fourth-order valence-electron chi connectivity index (χ4n) is 1.30. The molecule has 1 aromatic rings. The molecule has 0 aromatic heterocycles. The van der Waals surface area contributed by atoms with Crippen LogP contribution in [0.4, 0.5) is 5.69 Å². The van der Waals surface area contributed by atoms with E-state index < -0.39 is 17.2 Å². The standard InChI is InChI=1S/C10H14N2O4S/c1-12(17(14)15)9-4-7(6-11)3-8(5-9)10(13)16-2/h3-5H,6,11H2,1-2H3,(H,14,15). The SMILES string of the molecule is COC(=O)c1cc(CN)cc(N(C)S(=O)O)c1. The monoisotopic (exact) mass is 258 g/mol. The highest BCUT2D eigenvalue weighted by Gasteiger charge is 2.13. The Labute approximate surface area is 102 Å². The number of nitrogens with zero attached hydrogens (tertiary/aromatic N) is 1. The summed E-state index contributed by atoms with van der Waals surface area (Å²) in [6, 6.07) is 4.70. The van der Waals surface area contributed by atoms with Crippen molar-refractivity contribution in [2.24, 2.45) is 5.73 Å². The number of benzene rings is 1. The van der Waals surface area contributed by atoms with Gasteiger partial charge in [0.2, 0.25) is 0 Å². The van der Waals surface area contributed by atoms with Gasteiger partial charge < -0.3 is 10.5 Å². The summed E-state index contributed by atoms with van der Waals surface area (Å²) in [5.74, 6) is -0.515. The van der Waals surface area contributed by atoms with Crippen LogP contribution in [0.5, 0.6) is 0 Å². The molecule has 0 aliphatic rings. The van der Waals surface area contributed by atoms with Crippen LogP contribution in [-0.4, -0.2) is 28.9 Å². The molecule has 0 bridgehead atoms. The van der Waals surface area contributed by atoms with Crippen LogP contribution in [0.3, 0.4) is 0 Å². The molecule has 0 saturated carbocycles. The molecule has 0 aliphatic carbocycles. The van der Waals surface area contributed by atoms with Gasteiger partial charge in [0, 0.05) is 13.6 Å². The molecule has 94 valence electrons. The Morgan fingerprint density at radius 3 is 2.65 bits per heavy atom. The molecule has 1 unspecified atom stereocenters. The van der Waals surface area contributed by atoms with Gasteiger partial charge in [-0.3, -0.25) is 8.86 Å². The number of hydrogen-bond acceptors (Lipinski definition) is 4. The van der Waals surface area contributed by atoms with Crippen molar-refractivity contribution in [2.75, 3.05) is 18.5 Å². The van der Waals surface area contributed by atoms with Crippen LogP contribution in [-0.2, 0) is 22.5 Å². The Kier molecular flexibility index (Phi) is 4.62. The number of carbonyl (C=O) groups is 1. The first-order valence-electron chi connectivity index (χ1n) is 4.76. The normalized spacial score (nSPS) is 12.0. The van der Waals surface area contributed by atoms with Gasteiger partial charge in [-0.15, -0.1) is 0 Å². The van der Waals surface area contributed by atoms with E-state index in [1.807, 2.05) is 0 Å². The second-order valence-electron chi connectivity index (χ2n) is 3.31. The molecule has 0 amide bonds. The van der Waals surface area contributed by atoms with E-state index in [9.17, 15) is 9.00 Å². The van der Waals surface area contributed by atoms with Crippen molar-refractivity contribution in [3.8, 4) is 0 Å². The van der Waals surface area contributed by atoms with E-state index in [-0.39, 0.29) is 6.54 Å². The van der Waals surface area contributed by atoms with Gasteiger partial charge >= 0.3 is 5.97 Å². The van der Waals surface area contributed by atoms with Crippen LogP contribution in [0.1, 0.15) is 15.9 Å². The van der Waals surface area contributed by atoms with Crippen molar-refractivity contribution >= 4 is 22.9 Å². The second-order valence-corrected chi connectivity index (χ2v) is 4.32. The number of anilines is 1. The molecule has 1 rings (SSSR count). The number of carbonyl (C=O) groups excluding carboxylic acids is 1. The summed E-state index contributed by atoms with van der Waals surface area (Å²) < 4.78 is 25.6. The Hall–Kier alpha value is -1.44. The smallest absolute Gasteiger partial charge is 0.337 e. The first-order chi connectivity index (χ1) is 7.99. The fourth-order valence-corrected chi connectivity index (χ4v) is 1.59. The first kappa shape index (κ1) is 13.6. The lowest BCUT2D eigenvalue weighted by molar-refractivity contribution is 0.0600. The predicted octanol–water partition coefficient (Wildman–Crippen LogP) is 0.505. The third-order valence-electron chi connectivity index (χ3n) is 2.23. The number of esters is 1. The zero-order chi connectivity index (χ0) is 13.0. The molecular formula is C10H14N2O4S. The average molecular weight is 258 g/mol. The van der Waals surface area contributed by atoms with Crippen LogP contribution >= 0.6 is 0 Å². The maximum absolute atomic E-state index is 11.4. The van der Waals surface area contributed by atoms with Gasteiger partial charge in [-0.2, -0.15) is 0 Å². The van der Waals surface area contributed by atoms with Crippen LogP contribution in [0.25, 0.3) is 0 Å². The summed E-state index contributed by atoms with van der Waals surface area (Å²) in [5.41, 5.74) is 6.90. The van der Waals surface area contributed by atoms with Crippen molar-refractivity contribution in [3.63, 3.8) is 0 Å². The Bertz CT molecular complexity index is 450. The Balaban J connectivity index is 3.22. The van der Waals surface area contributed by atoms with Crippen LogP contribution in [0, 0.1) is 0 Å². The maximum atomic E-state index is 11.4. The molecule has 0 saturated heterocycles. The molecule has 1 atom stereocenters. The molecule has 7 heteroatoms. The van der Waals surface area contributed by atoms with Gasteiger partial charge in [-0.1, -0.05) is 0 Å². The molecule has 17 heavy (non-hydrogen) atoms. The van der Waals surface area contributed by atoms with Gasteiger partial charge in [0.05, 0.1) is 18.4 Å². The summed E-state index contributed by atoms with van der Waals surface area (Å²) in [7, 11) is 2.71. The van der Waals surface area contributed by atoms with E-state index in [1.54, 1.807) is 12.1 Å². The molecule has 0 spiro atoms. The number of rotatable bonds is 4. The third-order valence-corrected chi connectivity index (χ3v) is 2.91. The number of methoxy groups -OCH3 is 1. The van der Waals surface area contributed by atoms with Gasteiger partial charge in [0.25, 0.3) is 11.3 Å². The molecule has 3 N–H and O–H groups in total. The quantitative estimate of drug-likeness (QED) is 0.606. The molecule has 0 fully saturated rings. The molecule has 0 radical (unpaired) electrons. The fraction of sp³-hybridized carbons (Fsp3) is 0.300. The van der Waals surface area contributed by atoms with Crippen molar-refractivity contribution in [3.05, 3.63) is 29.3 Å². The highest BCUT2D eigenvalue weighted by Crippen LogP contribution is 2.19. The lowest BCUT2D eigenvalue weighted by atomic mass is 10.1. The average Bonchev–Trinajstić information content (AvgIpc) is 2.35. The summed E-state index contributed by atoms with van der Waals surface area (Å²) in [5, 5.41) is 0. The minimum absolute atomic E-state index is 0.226. The lowest BCUT2D eigenvalue weighted by Gasteiger charge is -2.15. The van der Waals surface area contributed by atoms with Gasteiger partial charge in [0.15, 0.2) is 0 Å². The van der Waals surface area contributed by atoms with Crippen LogP contribution in [0.15, 0.2) is 18.2 Å². The topological polar surface area (TPSA) is 92.9 Å². The third kappa shape index (κ3) is 3.26. The highest BCUT2D eigenvalue weighted by molar-refractivity contribution is 7.80. The van der Waals surface area contributed by atoms with Crippen molar-refractivity contribution in [2.45, 2.75) is 6.54 Å². The van der Waals surface area contributed by atoms with Gasteiger partial charge in [-0.05, 0) is 23.8 Å². The van der Waals surface area contributed by atoms with Crippen molar-refractivity contribution in [1.82, 2.24) is 0 Å². The van der Waals surface area contributed by atoms with E-state index in [0.717, 1.165) is 4.31 Å². The zero-order valence-corrected chi connectivity index (χ0v) is 10.4. The van der Waals surface area contributed by atoms with E-state index in [1.165, 1.54) is 20.2 Å². The predicted molar refractivity (Wildman–Crippen MR) is 64.8 cm³/mol. The largest absolute Gasteiger partial charge is 0.465 e. The first-order valence-corrected chi connectivity index (χ1v) is 5.83. The number of hydrogen-bond donors (Lipinski definition) is 2. The van der Waals surface area contributed by atoms with Crippen LogP contribution < -0.4 is 10.0 Å². The lowest BCUT2D eigenvalue weighted by Crippen LogP contribution is -2.20. The van der Waals surface area contributed by atoms with E-state index in [2.05, 4.69) is 4.74 Å². The van der Waals surface area contributed by atoms with E-state index in [0.29, 0.717) is 16.8 Å².